The van der Waals surface area contributed by atoms with E-state index >= 15 is 0 Å². The minimum atomic E-state index is -3.97. The fourth-order valence-electron chi connectivity index (χ4n) is 3.61. The van der Waals surface area contributed by atoms with Crippen LogP contribution in [0.2, 0.25) is 0 Å². The van der Waals surface area contributed by atoms with Crippen molar-refractivity contribution < 1.29 is 26.8 Å². The first-order chi connectivity index (χ1) is 15.8. The first kappa shape index (κ1) is 22.2. The van der Waals surface area contributed by atoms with Gasteiger partial charge in [0.15, 0.2) is 0 Å². The van der Waals surface area contributed by atoms with Crippen LogP contribution < -0.4 is 5.32 Å². The number of pyridine rings is 1. The number of halogens is 1. The number of nitrogens with one attached hydrogen (secondary N) is 1. The molecule has 170 valence electrons. The number of carbonyl (C=O) groups excluding carboxylic acids is 1. The molecule has 5 rings (SSSR count). The molecule has 2 aliphatic rings. The monoisotopic (exact) mass is 505 g/mol. The van der Waals surface area contributed by atoms with Crippen molar-refractivity contribution in [1.82, 2.24) is 14.6 Å². The van der Waals surface area contributed by atoms with Gasteiger partial charge in [-0.15, -0.1) is 0 Å². The van der Waals surface area contributed by atoms with Crippen LogP contribution in [0.3, 0.4) is 0 Å². The molecule has 0 atom stereocenters. The molecule has 3 aromatic rings. The maximum absolute atomic E-state index is 15.0. The summed E-state index contributed by atoms with van der Waals surface area (Å²) in [6.07, 6.45) is 4.67. The Morgan fingerprint density at radius 1 is 1.21 bits per heavy atom. The molecule has 2 fully saturated rings. The fourth-order valence-corrected chi connectivity index (χ4v) is 6.09. The molecule has 0 aliphatic carbocycles. The molecular weight excluding hydrogens is 489 g/mol. The highest BCUT2D eigenvalue weighted by Crippen LogP contribution is 2.34. The molecule has 33 heavy (non-hydrogen) atoms. The first-order valence-electron chi connectivity index (χ1n) is 9.83. The van der Waals surface area contributed by atoms with E-state index in [1.807, 2.05) is 0 Å². The van der Waals surface area contributed by atoms with Gasteiger partial charge in [0.05, 0.1) is 18.1 Å². The van der Waals surface area contributed by atoms with Gasteiger partial charge in [0.25, 0.3) is 5.91 Å². The Kier molecular flexibility index (Phi) is 5.79. The summed E-state index contributed by atoms with van der Waals surface area (Å²) in [6.45, 7) is 0.905. The van der Waals surface area contributed by atoms with Crippen LogP contribution >= 0.6 is 24.0 Å². The summed E-state index contributed by atoms with van der Waals surface area (Å²) in [5.41, 5.74) is 1.34. The number of benzene rings is 1. The average molecular weight is 506 g/mol. The molecule has 2 aliphatic heterocycles. The van der Waals surface area contributed by atoms with E-state index in [4.69, 9.17) is 21.4 Å². The third kappa shape index (κ3) is 4.20. The summed E-state index contributed by atoms with van der Waals surface area (Å²) in [5, 5.41) is 3.19. The van der Waals surface area contributed by atoms with Gasteiger partial charge >= 0.3 is 0 Å². The van der Waals surface area contributed by atoms with E-state index in [1.165, 1.54) is 22.6 Å². The van der Waals surface area contributed by atoms with Crippen LogP contribution in [-0.2, 0) is 19.6 Å². The minimum Gasteiger partial charge on any atom is -0.456 e. The molecule has 1 amide bonds. The highest BCUT2D eigenvalue weighted by Gasteiger charge is 2.29. The predicted octanol–water partition coefficient (Wildman–Crippen LogP) is 3.14. The summed E-state index contributed by atoms with van der Waals surface area (Å²) in [7, 11) is -3.97. The molecule has 1 aromatic carbocycles. The predicted molar refractivity (Wildman–Crippen MR) is 125 cm³/mol. The van der Waals surface area contributed by atoms with Gasteiger partial charge in [-0.1, -0.05) is 30.0 Å². The second-order valence-electron chi connectivity index (χ2n) is 7.27. The van der Waals surface area contributed by atoms with Gasteiger partial charge in [-0.25, -0.2) is 12.8 Å². The van der Waals surface area contributed by atoms with E-state index in [-0.39, 0.29) is 32.2 Å². The Balaban J connectivity index is 1.51. The number of fused-ring (bicyclic) bond motifs is 1. The molecular formula is C21H16FN3O5S3. The number of amides is 1. The van der Waals surface area contributed by atoms with Crippen molar-refractivity contribution in [3.63, 3.8) is 0 Å². The Morgan fingerprint density at radius 3 is 2.70 bits per heavy atom. The van der Waals surface area contributed by atoms with Gasteiger partial charge in [0, 0.05) is 42.5 Å². The zero-order valence-electron chi connectivity index (χ0n) is 16.9. The number of hydrogen-bond acceptors (Lipinski definition) is 8. The topological polar surface area (TPSA) is 102 Å². The van der Waals surface area contributed by atoms with E-state index in [0.29, 0.717) is 37.1 Å². The molecule has 2 aromatic heterocycles. The van der Waals surface area contributed by atoms with Gasteiger partial charge in [0.2, 0.25) is 10.0 Å². The molecule has 0 unspecified atom stereocenters. The van der Waals surface area contributed by atoms with Crippen molar-refractivity contribution in [3.05, 3.63) is 53.1 Å². The third-order valence-corrected chi connectivity index (χ3v) is 8.28. The second kappa shape index (κ2) is 8.61. The maximum atomic E-state index is 15.0. The van der Waals surface area contributed by atoms with Crippen molar-refractivity contribution >= 4 is 61.3 Å². The number of rotatable bonds is 4. The molecule has 0 saturated carbocycles. The number of morpholine rings is 1. The van der Waals surface area contributed by atoms with Crippen LogP contribution in [0.4, 0.5) is 4.39 Å². The SMILES string of the molecule is O=C1NC(=S)S/C1=C/c1cc2cncc(-c3ccc(S(=O)(=O)N4CCOCC4)c(F)c3)c2o1. The number of sulfonamides is 1. The Hall–Kier alpha value is -2.64. The highest BCUT2D eigenvalue weighted by atomic mass is 32.2. The Morgan fingerprint density at radius 2 is 2.00 bits per heavy atom. The summed E-state index contributed by atoms with van der Waals surface area (Å²) in [5.74, 6) is -0.756. The summed E-state index contributed by atoms with van der Waals surface area (Å²) < 4.78 is 53.3. The molecule has 0 spiro atoms. The molecule has 4 heterocycles. The summed E-state index contributed by atoms with van der Waals surface area (Å²) in [4.78, 5) is 16.1. The van der Waals surface area contributed by atoms with E-state index in [0.717, 1.165) is 17.8 Å². The van der Waals surface area contributed by atoms with Crippen molar-refractivity contribution in [2.24, 2.45) is 0 Å². The maximum Gasteiger partial charge on any atom is 0.263 e. The highest BCUT2D eigenvalue weighted by molar-refractivity contribution is 8.26. The number of thiocarbonyl (C=S) groups is 1. The van der Waals surface area contributed by atoms with Gasteiger partial charge in [-0.2, -0.15) is 4.31 Å². The van der Waals surface area contributed by atoms with Crippen molar-refractivity contribution in [1.29, 1.82) is 0 Å². The zero-order valence-corrected chi connectivity index (χ0v) is 19.4. The van der Waals surface area contributed by atoms with Crippen LogP contribution in [0.1, 0.15) is 5.76 Å². The van der Waals surface area contributed by atoms with Crippen LogP contribution in [0.25, 0.3) is 28.2 Å². The number of aromatic nitrogens is 1. The second-order valence-corrected chi connectivity index (χ2v) is 10.9. The Labute approximate surface area is 197 Å². The van der Waals surface area contributed by atoms with Gasteiger partial charge in [-0.05, 0) is 23.8 Å². The molecule has 0 bridgehead atoms. The smallest absolute Gasteiger partial charge is 0.263 e. The lowest BCUT2D eigenvalue weighted by Crippen LogP contribution is -2.40. The number of carbonyl (C=O) groups is 1. The molecule has 0 radical (unpaired) electrons. The standard InChI is InChI=1S/C21H16FN3O5S3/c22-16-8-12(1-2-18(16)33(27,28)25-3-5-29-6-4-25)15-11-23-10-13-7-14(30-19(13)15)9-17-20(26)24-21(31)32-17/h1-2,7-11H,3-6H2,(H,24,26,31)/b17-9+. The lowest BCUT2D eigenvalue weighted by molar-refractivity contribution is -0.115. The van der Waals surface area contributed by atoms with Crippen LogP contribution in [-0.4, -0.2) is 54.2 Å². The lowest BCUT2D eigenvalue weighted by atomic mass is 10.1. The summed E-state index contributed by atoms with van der Waals surface area (Å²) in [6, 6.07) is 5.64. The zero-order chi connectivity index (χ0) is 23.2. The fraction of sp³-hybridized carbons (Fsp3) is 0.190. The van der Waals surface area contributed by atoms with Crippen molar-refractivity contribution in [2.75, 3.05) is 26.3 Å². The number of furan rings is 1. The quantitative estimate of drug-likeness (QED) is 0.426. The van der Waals surface area contributed by atoms with E-state index in [2.05, 4.69) is 10.3 Å². The van der Waals surface area contributed by atoms with E-state index in [9.17, 15) is 17.6 Å². The minimum absolute atomic E-state index is 0.179. The Bertz CT molecular complexity index is 1430. The first-order valence-corrected chi connectivity index (χ1v) is 12.5. The lowest BCUT2D eigenvalue weighted by Gasteiger charge is -2.26. The van der Waals surface area contributed by atoms with E-state index in [1.54, 1.807) is 18.3 Å². The average Bonchev–Trinajstić information content (AvgIpc) is 3.35. The normalized spacial score (nSPS) is 18.9. The van der Waals surface area contributed by atoms with Crippen molar-refractivity contribution in [2.45, 2.75) is 4.90 Å². The van der Waals surface area contributed by atoms with E-state index < -0.39 is 20.7 Å². The van der Waals surface area contributed by atoms with Crippen LogP contribution in [0.15, 0.2) is 50.9 Å². The number of nitrogens with zero attached hydrogens (tertiary/aromatic N) is 2. The molecule has 12 heteroatoms. The number of hydrogen-bond donors (Lipinski definition) is 1. The van der Waals surface area contributed by atoms with Gasteiger partial charge < -0.3 is 14.5 Å². The number of ether oxygens (including phenoxy) is 1. The molecule has 2 saturated heterocycles. The number of thioether (sulfide) groups is 1. The third-order valence-electron chi connectivity index (χ3n) is 5.19. The summed E-state index contributed by atoms with van der Waals surface area (Å²) >= 11 is 6.13. The van der Waals surface area contributed by atoms with Crippen LogP contribution in [0.5, 0.6) is 0 Å². The van der Waals surface area contributed by atoms with Crippen LogP contribution in [0, 0.1) is 5.82 Å². The van der Waals surface area contributed by atoms with Gasteiger partial charge in [0.1, 0.15) is 26.4 Å². The van der Waals surface area contributed by atoms with Crippen molar-refractivity contribution in [3.8, 4) is 11.1 Å². The molecule has 1 N–H and O–H groups in total. The largest absolute Gasteiger partial charge is 0.456 e. The molecule has 8 nitrogen and oxygen atoms in total. The van der Waals surface area contributed by atoms with Gasteiger partial charge in [-0.3, -0.25) is 9.78 Å².